The number of nitrogens with zero attached hydrogens (tertiary/aromatic N) is 3. The van der Waals surface area contributed by atoms with Gasteiger partial charge in [-0.15, -0.1) is 11.3 Å². The minimum atomic E-state index is -0.629. The van der Waals surface area contributed by atoms with Gasteiger partial charge >= 0.3 is 0 Å². The molecule has 2 heterocycles. The number of rotatable bonds is 1. The molecular formula is C7H7N3OS. The molecule has 2 rings (SSSR count). The summed E-state index contributed by atoms with van der Waals surface area (Å²) in [5.74, 6) is 0.424. The first-order valence-electron chi connectivity index (χ1n) is 3.51. The molecule has 62 valence electrons. The molecule has 0 saturated heterocycles. The fourth-order valence-corrected chi connectivity index (χ4v) is 1.47. The number of hydrogen-bond acceptors (Lipinski definition) is 5. The molecule has 0 aliphatic carbocycles. The normalized spacial score (nSPS) is 13.5. The first-order valence-corrected chi connectivity index (χ1v) is 4.39. The molecule has 1 N–H and O–H groups in total. The van der Waals surface area contributed by atoms with Crippen LogP contribution in [-0.2, 0) is 0 Å². The Labute approximate surface area is 72.9 Å². The largest absolute Gasteiger partial charge is 0.385 e. The van der Waals surface area contributed by atoms with E-state index in [0.29, 0.717) is 11.5 Å². The summed E-state index contributed by atoms with van der Waals surface area (Å²) in [6.45, 7) is 1.63. The van der Waals surface area contributed by atoms with Crippen LogP contribution in [0.25, 0.3) is 10.3 Å². The van der Waals surface area contributed by atoms with Gasteiger partial charge in [-0.2, -0.15) is 0 Å². The number of fused-ring (bicyclic) bond motifs is 1. The number of hydrogen-bond donors (Lipinski definition) is 1. The van der Waals surface area contributed by atoms with Gasteiger partial charge < -0.3 is 5.11 Å². The van der Waals surface area contributed by atoms with Gasteiger partial charge in [-0.3, -0.25) is 0 Å². The fraction of sp³-hybridized carbons (Fsp3) is 0.286. The van der Waals surface area contributed by atoms with Crippen LogP contribution in [0.2, 0.25) is 0 Å². The lowest BCUT2D eigenvalue weighted by atomic mass is 10.4. The molecule has 12 heavy (non-hydrogen) atoms. The highest BCUT2D eigenvalue weighted by Gasteiger charge is 2.06. The number of aliphatic hydroxyl groups is 1. The number of aliphatic hydroxyl groups excluding tert-OH is 1. The van der Waals surface area contributed by atoms with Gasteiger partial charge in [0.2, 0.25) is 0 Å². The zero-order valence-corrected chi connectivity index (χ0v) is 7.25. The average Bonchev–Trinajstić information content (AvgIpc) is 2.49. The lowest BCUT2D eigenvalue weighted by molar-refractivity contribution is 0.189. The standard InChI is InChI=1S/C7H7N3OS/c1-4(11)6-8-2-5-7(10-6)9-3-12-5/h2-4,11H,1H3. The van der Waals surface area contributed by atoms with Crippen LogP contribution in [0.5, 0.6) is 0 Å². The summed E-state index contributed by atoms with van der Waals surface area (Å²) in [6.07, 6.45) is 1.05. The van der Waals surface area contributed by atoms with Crippen molar-refractivity contribution in [2.45, 2.75) is 13.0 Å². The lowest BCUT2D eigenvalue weighted by Crippen LogP contribution is -1.98. The second-order valence-electron chi connectivity index (χ2n) is 2.44. The Kier molecular flexibility index (Phi) is 1.74. The van der Waals surface area contributed by atoms with E-state index in [9.17, 15) is 5.11 Å². The van der Waals surface area contributed by atoms with Crippen LogP contribution in [-0.4, -0.2) is 20.1 Å². The van der Waals surface area contributed by atoms with Crippen molar-refractivity contribution in [1.82, 2.24) is 15.0 Å². The highest BCUT2D eigenvalue weighted by Crippen LogP contribution is 2.15. The molecule has 2 aromatic heterocycles. The molecule has 0 aromatic carbocycles. The molecule has 0 saturated carbocycles. The van der Waals surface area contributed by atoms with E-state index in [0.717, 1.165) is 4.70 Å². The SMILES string of the molecule is CC(O)c1ncc2scnc2n1. The van der Waals surface area contributed by atoms with Crippen LogP contribution >= 0.6 is 11.3 Å². The molecule has 0 bridgehead atoms. The topological polar surface area (TPSA) is 58.9 Å². The summed E-state index contributed by atoms with van der Waals surface area (Å²) in [5.41, 5.74) is 2.37. The Bertz CT molecular complexity index is 398. The van der Waals surface area contributed by atoms with Crippen molar-refractivity contribution >= 4 is 21.7 Å². The summed E-state index contributed by atoms with van der Waals surface area (Å²) in [4.78, 5) is 12.1. The van der Waals surface area contributed by atoms with Crippen molar-refractivity contribution in [3.05, 3.63) is 17.5 Å². The molecule has 1 unspecified atom stereocenters. The maximum atomic E-state index is 9.17. The highest BCUT2D eigenvalue weighted by atomic mass is 32.1. The third kappa shape index (κ3) is 1.17. The van der Waals surface area contributed by atoms with Crippen molar-refractivity contribution in [3.8, 4) is 0 Å². The number of aromatic nitrogens is 3. The Balaban J connectivity index is 2.60. The van der Waals surface area contributed by atoms with E-state index >= 15 is 0 Å². The molecule has 0 spiro atoms. The van der Waals surface area contributed by atoms with Gasteiger partial charge in [-0.05, 0) is 6.92 Å². The quantitative estimate of drug-likeness (QED) is 0.716. The molecule has 2 aromatic rings. The van der Waals surface area contributed by atoms with Crippen LogP contribution < -0.4 is 0 Å². The van der Waals surface area contributed by atoms with E-state index in [1.807, 2.05) is 0 Å². The van der Waals surface area contributed by atoms with E-state index in [1.165, 1.54) is 11.3 Å². The molecular weight excluding hydrogens is 174 g/mol. The smallest absolute Gasteiger partial charge is 0.173 e. The molecule has 0 amide bonds. The van der Waals surface area contributed by atoms with Crippen LogP contribution in [0.3, 0.4) is 0 Å². The van der Waals surface area contributed by atoms with Crippen molar-refractivity contribution in [1.29, 1.82) is 0 Å². The third-order valence-corrected chi connectivity index (χ3v) is 2.24. The van der Waals surface area contributed by atoms with Gasteiger partial charge in [0.1, 0.15) is 6.10 Å². The van der Waals surface area contributed by atoms with Crippen molar-refractivity contribution in [2.24, 2.45) is 0 Å². The van der Waals surface area contributed by atoms with E-state index in [2.05, 4.69) is 15.0 Å². The van der Waals surface area contributed by atoms with E-state index in [4.69, 9.17) is 0 Å². The minimum Gasteiger partial charge on any atom is -0.385 e. The van der Waals surface area contributed by atoms with Crippen molar-refractivity contribution in [3.63, 3.8) is 0 Å². The van der Waals surface area contributed by atoms with E-state index in [-0.39, 0.29) is 0 Å². The Morgan fingerprint density at radius 3 is 3.08 bits per heavy atom. The number of thiazole rings is 1. The Morgan fingerprint density at radius 2 is 2.33 bits per heavy atom. The van der Waals surface area contributed by atoms with Gasteiger partial charge in [0.15, 0.2) is 11.5 Å². The van der Waals surface area contributed by atoms with Crippen LogP contribution in [0.1, 0.15) is 18.9 Å². The molecule has 5 heteroatoms. The fourth-order valence-electron chi connectivity index (χ4n) is 0.885. The van der Waals surface area contributed by atoms with Crippen LogP contribution in [0.4, 0.5) is 0 Å². The Morgan fingerprint density at radius 1 is 1.50 bits per heavy atom. The van der Waals surface area contributed by atoms with Crippen LogP contribution in [0.15, 0.2) is 11.7 Å². The molecule has 0 fully saturated rings. The van der Waals surface area contributed by atoms with Crippen molar-refractivity contribution in [2.75, 3.05) is 0 Å². The van der Waals surface area contributed by atoms with Crippen LogP contribution in [0, 0.1) is 0 Å². The molecule has 0 aliphatic rings. The second kappa shape index (κ2) is 2.76. The van der Waals surface area contributed by atoms with E-state index in [1.54, 1.807) is 18.6 Å². The van der Waals surface area contributed by atoms with Gasteiger partial charge in [0, 0.05) is 0 Å². The maximum Gasteiger partial charge on any atom is 0.173 e. The highest BCUT2D eigenvalue weighted by molar-refractivity contribution is 7.16. The van der Waals surface area contributed by atoms with E-state index < -0.39 is 6.10 Å². The third-order valence-electron chi connectivity index (χ3n) is 1.48. The second-order valence-corrected chi connectivity index (χ2v) is 3.33. The zero-order valence-electron chi connectivity index (χ0n) is 6.43. The van der Waals surface area contributed by atoms with Gasteiger partial charge in [-0.25, -0.2) is 15.0 Å². The summed E-state index contributed by atoms with van der Waals surface area (Å²) in [5, 5.41) is 9.17. The van der Waals surface area contributed by atoms with Gasteiger partial charge in [-0.1, -0.05) is 0 Å². The predicted molar refractivity (Wildman–Crippen MR) is 45.8 cm³/mol. The first-order chi connectivity index (χ1) is 5.77. The average molecular weight is 181 g/mol. The lowest BCUT2D eigenvalue weighted by Gasteiger charge is -1.99. The van der Waals surface area contributed by atoms with Crippen molar-refractivity contribution < 1.29 is 5.11 Å². The monoisotopic (exact) mass is 181 g/mol. The molecule has 4 nitrogen and oxygen atoms in total. The maximum absolute atomic E-state index is 9.17. The Hall–Kier alpha value is -1.07. The predicted octanol–water partition coefficient (Wildman–Crippen LogP) is 1.14. The molecule has 0 radical (unpaired) electrons. The molecule has 0 aliphatic heterocycles. The summed E-state index contributed by atoms with van der Waals surface area (Å²) < 4.78 is 0.944. The summed E-state index contributed by atoms with van der Waals surface area (Å²) in [7, 11) is 0. The van der Waals surface area contributed by atoms with Gasteiger partial charge in [0.25, 0.3) is 0 Å². The molecule has 1 atom stereocenters. The minimum absolute atomic E-state index is 0.424. The summed E-state index contributed by atoms with van der Waals surface area (Å²) >= 11 is 1.49. The van der Waals surface area contributed by atoms with Gasteiger partial charge in [0.05, 0.1) is 16.4 Å². The first kappa shape index (κ1) is 7.57. The zero-order chi connectivity index (χ0) is 8.55. The summed E-state index contributed by atoms with van der Waals surface area (Å²) in [6, 6.07) is 0.